The molecular formula is C21H23BrO4. The van der Waals surface area contributed by atoms with E-state index in [4.69, 9.17) is 14.2 Å². The van der Waals surface area contributed by atoms with Crippen LogP contribution in [0.2, 0.25) is 0 Å². The SMILES string of the molecule is CCOc1ccc(/C=C/C(=O)Oc2c(C)cc(Br)cc2C)cc1OCC. The first-order valence-electron chi connectivity index (χ1n) is 8.50. The van der Waals surface area contributed by atoms with Gasteiger partial charge in [-0.3, -0.25) is 0 Å². The third-order valence-corrected chi connectivity index (χ3v) is 4.06. The van der Waals surface area contributed by atoms with Crippen LogP contribution in [0.25, 0.3) is 6.08 Å². The first kappa shape index (κ1) is 20.0. The van der Waals surface area contributed by atoms with Crippen molar-refractivity contribution in [2.24, 2.45) is 0 Å². The van der Waals surface area contributed by atoms with E-state index in [1.807, 2.05) is 58.0 Å². The molecule has 0 aliphatic carbocycles. The molecule has 4 nitrogen and oxygen atoms in total. The summed E-state index contributed by atoms with van der Waals surface area (Å²) in [5.41, 5.74) is 2.63. The fraction of sp³-hybridized carbons (Fsp3) is 0.286. The van der Waals surface area contributed by atoms with Crippen molar-refractivity contribution in [1.29, 1.82) is 0 Å². The number of esters is 1. The molecule has 138 valence electrons. The minimum Gasteiger partial charge on any atom is -0.490 e. The van der Waals surface area contributed by atoms with Gasteiger partial charge in [-0.15, -0.1) is 0 Å². The molecule has 0 aliphatic rings. The first-order valence-corrected chi connectivity index (χ1v) is 9.30. The standard InChI is InChI=1S/C21H23BrO4/c1-5-24-18-9-7-16(13-19(18)25-6-2)8-10-20(23)26-21-14(3)11-17(22)12-15(21)4/h7-13H,5-6H2,1-4H3/b10-8+. The van der Waals surface area contributed by atoms with Crippen molar-refractivity contribution in [3.05, 3.63) is 57.6 Å². The number of carbonyl (C=O) groups is 1. The van der Waals surface area contributed by atoms with Crippen LogP contribution < -0.4 is 14.2 Å². The van der Waals surface area contributed by atoms with Crippen LogP contribution in [-0.4, -0.2) is 19.2 Å². The molecule has 0 N–H and O–H groups in total. The number of aryl methyl sites for hydroxylation is 2. The normalized spacial score (nSPS) is 10.8. The van der Waals surface area contributed by atoms with Crippen LogP contribution in [-0.2, 0) is 4.79 Å². The summed E-state index contributed by atoms with van der Waals surface area (Å²) in [5, 5.41) is 0. The molecule has 5 heteroatoms. The smallest absolute Gasteiger partial charge is 0.336 e. The lowest BCUT2D eigenvalue weighted by Crippen LogP contribution is -2.06. The van der Waals surface area contributed by atoms with Crippen LogP contribution in [0.5, 0.6) is 17.2 Å². The topological polar surface area (TPSA) is 44.8 Å². The van der Waals surface area contributed by atoms with Crippen LogP contribution in [0.3, 0.4) is 0 Å². The minimum absolute atomic E-state index is 0.426. The van der Waals surface area contributed by atoms with Gasteiger partial charge in [0.05, 0.1) is 13.2 Å². The number of hydrogen-bond donors (Lipinski definition) is 0. The molecule has 0 amide bonds. The Bertz CT molecular complexity index is 789. The molecule has 0 radical (unpaired) electrons. The lowest BCUT2D eigenvalue weighted by molar-refractivity contribution is -0.129. The van der Waals surface area contributed by atoms with Crippen molar-refractivity contribution in [2.45, 2.75) is 27.7 Å². The van der Waals surface area contributed by atoms with Crippen molar-refractivity contribution < 1.29 is 19.0 Å². The lowest BCUT2D eigenvalue weighted by Gasteiger charge is -2.11. The summed E-state index contributed by atoms with van der Waals surface area (Å²) in [7, 11) is 0. The van der Waals surface area contributed by atoms with Gasteiger partial charge in [-0.1, -0.05) is 22.0 Å². The van der Waals surface area contributed by atoms with Gasteiger partial charge in [0.2, 0.25) is 0 Å². The Labute approximate surface area is 162 Å². The molecule has 0 saturated heterocycles. The second kappa shape index (κ2) is 9.43. The number of rotatable bonds is 7. The van der Waals surface area contributed by atoms with E-state index in [1.54, 1.807) is 6.08 Å². The van der Waals surface area contributed by atoms with Crippen molar-refractivity contribution in [2.75, 3.05) is 13.2 Å². The van der Waals surface area contributed by atoms with E-state index in [0.717, 1.165) is 21.2 Å². The van der Waals surface area contributed by atoms with Gasteiger partial charge in [0.15, 0.2) is 11.5 Å². The summed E-state index contributed by atoms with van der Waals surface area (Å²) in [6, 6.07) is 9.38. The zero-order chi connectivity index (χ0) is 19.1. The van der Waals surface area contributed by atoms with Crippen molar-refractivity contribution in [3.63, 3.8) is 0 Å². The molecule has 2 aromatic rings. The molecule has 0 fully saturated rings. The van der Waals surface area contributed by atoms with Crippen LogP contribution in [0.4, 0.5) is 0 Å². The maximum absolute atomic E-state index is 12.2. The average Bonchev–Trinajstić information content (AvgIpc) is 2.58. The van der Waals surface area contributed by atoms with Gasteiger partial charge >= 0.3 is 5.97 Å². The van der Waals surface area contributed by atoms with Crippen molar-refractivity contribution >= 4 is 28.0 Å². The maximum Gasteiger partial charge on any atom is 0.336 e. The Morgan fingerprint density at radius 3 is 2.23 bits per heavy atom. The zero-order valence-electron chi connectivity index (χ0n) is 15.5. The fourth-order valence-corrected chi connectivity index (χ4v) is 3.22. The summed E-state index contributed by atoms with van der Waals surface area (Å²) < 4.78 is 17.6. The lowest BCUT2D eigenvalue weighted by atomic mass is 10.1. The number of halogens is 1. The highest BCUT2D eigenvalue weighted by atomic mass is 79.9. The van der Waals surface area contributed by atoms with Gasteiger partial charge in [0, 0.05) is 10.5 Å². The van der Waals surface area contributed by atoms with Crippen LogP contribution in [0.15, 0.2) is 40.9 Å². The fourth-order valence-electron chi connectivity index (χ4n) is 2.53. The van der Waals surface area contributed by atoms with Gasteiger partial charge < -0.3 is 14.2 Å². The van der Waals surface area contributed by atoms with E-state index in [2.05, 4.69) is 15.9 Å². The summed E-state index contributed by atoms with van der Waals surface area (Å²) in [6.45, 7) is 8.75. The quantitative estimate of drug-likeness (QED) is 0.339. The van der Waals surface area contributed by atoms with Crippen LogP contribution >= 0.6 is 15.9 Å². The van der Waals surface area contributed by atoms with E-state index in [1.165, 1.54) is 6.08 Å². The van der Waals surface area contributed by atoms with E-state index in [-0.39, 0.29) is 0 Å². The van der Waals surface area contributed by atoms with E-state index in [0.29, 0.717) is 30.5 Å². The molecule has 0 atom stereocenters. The average molecular weight is 419 g/mol. The molecule has 2 aromatic carbocycles. The van der Waals surface area contributed by atoms with Crippen LogP contribution in [0.1, 0.15) is 30.5 Å². The van der Waals surface area contributed by atoms with E-state index in [9.17, 15) is 4.79 Å². The van der Waals surface area contributed by atoms with Gasteiger partial charge in [-0.2, -0.15) is 0 Å². The number of ether oxygens (including phenoxy) is 3. The Morgan fingerprint density at radius 2 is 1.62 bits per heavy atom. The Hall–Kier alpha value is -2.27. The molecule has 0 bridgehead atoms. The van der Waals surface area contributed by atoms with Crippen molar-refractivity contribution in [1.82, 2.24) is 0 Å². The molecule has 0 aromatic heterocycles. The number of carbonyl (C=O) groups excluding carboxylic acids is 1. The minimum atomic E-state index is -0.426. The first-order chi connectivity index (χ1) is 12.4. The molecule has 0 unspecified atom stereocenters. The second-order valence-electron chi connectivity index (χ2n) is 5.70. The molecule has 0 spiro atoms. The van der Waals surface area contributed by atoms with Crippen LogP contribution in [0, 0.1) is 13.8 Å². The summed E-state index contributed by atoms with van der Waals surface area (Å²) in [5.74, 6) is 1.51. The highest BCUT2D eigenvalue weighted by Gasteiger charge is 2.09. The molecular weight excluding hydrogens is 396 g/mol. The summed E-state index contributed by atoms with van der Waals surface area (Å²) in [6.07, 6.45) is 3.11. The monoisotopic (exact) mass is 418 g/mol. The highest BCUT2D eigenvalue weighted by Crippen LogP contribution is 2.29. The van der Waals surface area contributed by atoms with E-state index < -0.39 is 5.97 Å². The van der Waals surface area contributed by atoms with Crippen molar-refractivity contribution in [3.8, 4) is 17.2 Å². The van der Waals surface area contributed by atoms with Gasteiger partial charge in [-0.05, 0) is 74.7 Å². The summed E-state index contributed by atoms with van der Waals surface area (Å²) in [4.78, 5) is 12.2. The van der Waals surface area contributed by atoms with Gasteiger partial charge in [0.1, 0.15) is 5.75 Å². The Morgan fingerprint density at radius 1 is 1.00 bits per heavy atom. The Kier molecular flexibility index (Phi) is 7.27. The Balaban J connectivity index is 2.14. The second-order valence-corrected chi connectivity index (χ2v) is 6.61. The molecule has 26 heavy (non-hydrogen) atoms. The van der Waals surface area contributed by atoms with Gasteiger partial charge in [-0.25, -0.2) is 4.79 Å². The zero-order valence-corrected chi connectivity index (χ0v) is 17.1. The molecule has 2 rings (SSSR count). The summed E-state index contributed by atoms with van der Waals surface area (Å²) >= 11 is 3.43. The maximum atomic E-state index is 12.2. The van der Waals surface area contributed by atoms with Gasteiger partial charge in [0.25, 0.3) is 0 Å². The predicted octanol–water partition coefficient (Wildman–Crippen LogP) is 5.48. The molecule has 0 heterocycles. The third kappa shape index (κ3) is 5.36. The molecule has 0 aliphatic heterocycles. The number of hydrogen-bond acceptors (Lipinski definition) is 4. The largest absolute Gasteiger partial charge is 0.490 e. The highest BCUT2D eigenvalue weighted by molar-refractivity contribution is 9.10. The number of benzene rings is 2. The molecule has 0 saturated carbocycles. The third-order valence-electron chi connectivity index (χ3n) is 3.61. The predicted molar refractivity (Wildman–Crippen MR) is 107 cm³/mol. The van der Waals surface area contributed by atoms with E-state index >= 15 is 0 Å².